The van der Waals surface area contributed by atoms with Crippen molar-refractivity contribution in [3.8, 4) is 10.6 Å². The molecule has 1 amide bonds. The second kappa shape index (κ2) is 6.51. The van der Waals surface area contributed by atoms with Crippen LogP contribution in [0, 0.1) is 6.92 Å². The highest BCUT2D eigenvalue weighted by atomic mass is 35.5. The number of hydrogen-bond acceptors (Lipinski definition) is 6. The van der Waals surface area contributed by atoms with Gasteiger partial charge in [-0.1, -0.05) is 35.1 Å². The maximum atomic E-state index is 12.6. The quantitative estimate of drug-likeness (QED) is 0.536. The molecule has 1 aromatic carbocycles. The van der Waals surface area contributed by atoms with Crippen molar-refractivity contribution in [2.24, 2.45) is 0 Å². The normalized spacial score (nSPS) is 11.0. The van der Waals surface area contributed by atoms with E-state index in [1.165, 1.54) is 22.7 Å². The first kappa shape index (κ1) is 16.1. The Balaban J connectivity index is 1.62. The number of rotatable bonds is 3. The number of benzene rings is 1. The first-order valence-corrected chi connectivity index (χ1v) is 9.37. The first-order valence-electron chi connectivity index (χ1n) is 7.36. The molecule has 0 atom stereocenters. The predicted molar refractivity (Wildman–Crippen MR) is 103 cm³/mol. The van der Waals surface area contributed by atoms with Crippen molar-refractivity contribution in [3.63, 3.8) is 0 Å². The van der Waals surface area contributed by atoms with Gasteiger partial charge in [-0.2, -0.15) is 0 Å². The molecule has 124 valence electrons. The summed E-state index contributed by atoms with van der Waals surface area (Å²) in [5.41, 5.74) is 2.79. The number of pyridine rings is 1. The third-order valence-corrected chi connectivity index (χ3v) is 5.97. The molecular weight excluding hydrogens is 376 g/mol. The lowest BCUT2D eigenvalue weighted by Gasteiger charge is -1.98. The van der Waals surface area contributed by atoms with Crippen LogP contribution in [0.5, 0.6) is 0 Å². The van der Waals surface area contributed by atoms with Crippen molar-refractivity contribution >= 4 is 55.5 Å². The van der Waals surface area contributed by atoms with E-state index in [2.05, 4.69) is 20.3 Å². The minimum absolute atomic E-state index is 0.179. The molecule has 5 nitrogen and oxygen atoms in total. The average molecular weight is 387 g/mol. The van der Waals surface area contributed by atoms with E-state index in [0.29, 0.717) is 15.0 Å². The summed E-state index contributed by atoms with van der Waals surface area (Å²) in [4.78, 5) is 25.7. The number of para-hydroxylation sites is 1. The van der Waals surface area contributed by atoms with Crippen LogP contribution in [0.1, 0.15) is 15.2 Å². The number of nitrogens with one attached hydrogen (secondary N) is 1. The van der Waals surface area contributed by atoms with E-state index in [0.717, 1.165) is 21.3 Å². The summed E-state index contributed by atoms with van der Waals surface area (Å²) in [6, 6.07) is 9.64. The summed E-state index contributed by atoms with van der Waals surface area (Å²) < 4.78 is 1.03. The van der Waals surface area contributed by atoms with Crippen LogP contribution in [-0.2, 0) is 0 Å². The van der Waals surface area contributed by atoms with Gasteiger partial charge in [0, 0.05) is 18.0 Å². The molecule has 0 unspecified atom stereocenters. The van der Waals surface area contributed by atoms with E-state index in [9.17, 15) is 4.79 Å². The van der Waals surface area contributed by atoms with Gasteiger partial charge in [0.15, 0.2) is 10.3 Å². The SMILES string of the molecule is Cc1cccc2sc(NC(=O)c3sc(-c4cccnc4)nc3Cl)nc12. The number of carbonyl (C=O) groups excluding carboxylic acids is 1. The Morgan fingerprint density at radius 2 is 2.04 bits per heavy atom. The summed E-state index contributed by atoms with van der Waals surface area (Å²) in [7, 11) is 0. The van der Waals surface area contributed by atoms with Gasteiger partial charge in [-0.05, 0) is 30.7 Å². The number of anilines is 1. The third kappa shape index (κ3) is 3.13. The number of thiazole rings is 2. The van der Waals surface area contributed by atoms with Crippen molar-refractivity contribution in [2.45, 2.75) is 6.92 Å². The number of fused-ring (bicyclic) bond motifs is 1. The Hall–Kier alpha value is -2.35. The maximum Gasteiger partial charge on any atom is 0.270 e. The number of hydrogen-bond donors (Lipinski definition) is 1. The minimum Gasteiger partial charge on any atom is -0.297 e. The molecule has 0 aliphatic heterocycles. The van der Waals surface area contributed by atoms with Crippen LogP contribution in [0.2, 0.25) is 5.15 Å². The number of aryl methyl sites for hydroxylation is 1. The predicted octanol–water partition coefficient (Wildman–Crippen LogP) is 5.03. The summed E-state index contributed by atoms with van der Waals surface area (Å²) in [5.74, 6) is -0.311. The van der Waals surface area contributed by atoms with E-state index in [4.69, 9.17) is 11.6 Å². The molecule has 0 aliphatic carbocycles. The Morgan fingerprint density at radius 3 is 2.80 bits per heavy atom. The van der Waals surface area contributed by atoms with Crippen LogP contribution in [0.15, 0.2) is 42.7 Å². The highest BCUT2D eigenvalue weighted by Crippen LogP contribution is 2.32. The molecule has 0 radical (unpaired) electrons. The smallest absolute Gasteiger partial charge is 0.270 e. The van der Waals surface area contributed by atoms with Gasteiger partial charge in [-0.15, -0.1) is 11.3 Å². The molecule has 0 spiro atoms. The highest BCUT2D eigenvalue weighted by Gasteiger charge is 2.19. The standard InChI is InChI=1S/C17H11ClN4OS2/c1-9-4-2-6-11-12(9)20-17(24-11)22-15(23)13-14(18)21-16(25-13)10-5-3-7-19-8-10/h2-8H,1H3,(H,20,22,23). The molecule has 0 saturated heterocycles. The summed E-state index contributed by atoms with van der Waals surface area (Å²) >= 11 is 8.82. The molecule has 0 fully saturated rings. The Kier molecular flexibility index (Phi) is 4.20. The van der Waals surface area contributed by atoms with Gasteiger partial charge in [-0.3, -0.25) is 15.1 Å². The van der Waals surface area contributed by atoms with Crippen molar-refractivity contribution in [3.05, 3.63) is 58.3 Å². The molecule has 3 heterocycles. The van der Waals surface area contributed by atoms with Crippen molar-refractivity contribution < 1.29 is 4.79 Å². The van der Waals surface area contributed by atoms with E-state index < -0.39 is 0 Å². The van der Waals surface area contributed by atoms with Gasteiger partial charge in [0.25, 0.3) is 5.91 Å². The largest absolute Gasteiger partial charge is 0.297 e. The van der Waals surface area contributed by atoms with Crippen molar-refractivity contribution in [1.29, 1.82) is 0 Å². The average Bonchev–Trinajstić information content (AvgIpc) is 3.20. The van der Waals surface area contributed by atoms with Gasteiger partial charge < -0.3 is 0 Å². The number of halogens is 1. The molecule has 0 saturated carbocycles. The lowest BCUT2D eigenvalue weighted by Crippen LogP contribution is -2.10. The molecule has 1 N–H and O–H groups in total. The number of carbonyl (C=O) groups is 1. The number of aromatic nitrogens is 3. The van der Waals surface area contributed by atoms with Gasteiger partial charge >= 0.3 is 0 Å². The number of amides is 1. The Morgan fingerprint density at radius 1 is 1.16 bits per heavy atom. The fourth-order valence-electron chi connectivity index (χ4n) is 2.35. The molecule has 25 heavy (non-hydrogen) atoms. The van der Waals surface area contributed by atoms with Crippen LogP contribution < -0.4 is 5.32 Å². The monoisotopic (exact) mass is 386 g/mol. The van der Waals surface area contributed by atoms with Gasteiger partial charge in [0.2, 0.25) is 0 Å². The minimum atomic E-state index is -0.311. The zero-order chi connectivity index (χ0) is 17.4. The molecule has 8 heteroatoms. The van der Waals surface area contributed by atoms with Crippen LogP contribution in [0.25, 0.3) is 20.8 Å². The molecule has 4 rings (SSSR count). The van der Waals surface area contributed by atoms with Crippen LogP contribution in [-0.4, -0.2) is 20.9 Å². The van der Waals surface area contributed by atoms with Crippen LogP contribution in [0.3, 0.4) is 0 Å². The summed E-state index contributed by atoms with van der Waals surface area (Å²) in [6.45, 7) is 1.99. The van der Waals surface area contributed by atoms with Gasteiger partial charge in [0.1, 0.15) is 9.88 Å². The maximum absolute atomic E-state index is 12.6. The lowest BCUT2D eigenvalue weighted by atomic mass is 10.2. The molecule has 3 aromatic heterocycles. The van der Waals surface area contributed by atoms with E-state index in [1.54, 1.807) is 12.4 Å². The zero-order valence-corrected chi connectivity index (χ0v) is 15.4. The van der Waals surface area contributed by atoms with Crippen LogP contribution >= 0.6 is 34.3 Å². The number of nitrogens with zero attached hydrogens (tertiary/aromatic N) is 3. The first-order chi connectivity index (χ1) is 12.1. The Bertz CT molecular complexity index is 1070. The van der Waals surface area contributed by atoms with Gasteiger partial charge in [-0.25, -0.2) is 9.97 Å². The molecule has 4 aromatic rings. The van der Waals surface area contributed by atoms with E-state index in [1.807, 2.05) is 37.3 Å². The van der Waals surface area contributed by atoms with Crippen molar-refractivity contribution in [2.75, 3.05) is 5.32 Å². The van der Waals surface area contributed by atoms with E-state index >= 15 is 0 Å². The van der Waals surface area contributed by atoms with Crippen LogP contribution in [0.4, 0.5) is 5.13 Å². The fourth-order valence-corrected chi connectivity index (χ4v) is 4.47. The van der Waals surface area contributed by atoms with Gasteiger partial charge in [0.05, 0.1) is 10.2 Å². The second-order valence-electron chi connectivity index (χ2n) is 5.28. The van der Waals surface area contributed by atoms with Crippen molar-refractivity contribution in [1.82, 2.24) is 15.0 Å². The summed E-state index contributed by atoms with van der Waals surface area (Å²) in [6.07, 6.45) is 3.37. The highest BCUT2D eigenvalue weighted by molar-refractivity contribution is 7.22. The molecule has 0 bridgehead atoms. The lowest BCUT2D eigenvalue weighted by molar-refractivity contribution is 0.103. The topological polar surface area (TPSA) is 67.8 Å². The second-order valence-corrected chi connectivity index (χ2v) is 7.66. The molecule has 0 aliphatic rings. The fraction of sp³-hybridized carbons (Fsp3) is 0.0588. The zero-order valence-electron chi connectivity index (χ0n) is 13.0. The third-order valence-electron chi connectivity index (χ3n) is 3.54. The molecular formula is C17H11ClN4OS2. The van der Waals surface area contributed by atoms with E-state index in [-0.39, 0.29) is 11.1 Å². The Labute approximate surface area is 156 Å². The summed E-state index contributed by atoms with van der Waals surface area (Å²) in [5, 5.41) is 4.20.